The summed E-state index contributed by atoms with van der Waals surface area (Å²) in [5.41, 5.74) is 3.82. The Morgan fingerprint density at radius 3 is 1.90 bits per heavy atom. The first kappa shape index (κ1) is 14.2. The van der Waals surface area contributed by atoms with Gasteiger partial charge in [0.1, 0.15) is 0 Å². The van der Waals surface area contributed by atoms with Gasteiger partial charge in [0.2, 0.25) is 0 Å². The Morgan fingerprint density at radius 2 is 1.29 bits per heavy atom. The molecule has 21 heavy (non-hydrogen) atoms. The van der Waals surface area contributed by atoms with Gasteiger partial charge in [0, 0.05) is 11.7 Å². The molecular weight excluding hydrogens is 254 g/mol. The van der Waals surface area contributed by atoms with Crippen molar-refractivity contribution in [2.24, 2.45) is 11.8 Å². The van der Waals surface area contributed by atoms with Crippen LogP contribution >= 0.6 is 0 Å². The smallest absolute Gasteiger partial charge is 0.0342 e. The van der Waals surface area contributed by atoms with Crippen molar-refractivity contribution >= 4 is 5.69 Å². The average molecular weight is 279 g/mol. The Hall–Kier alpha value is -1.76. The molecule has 0 radical (unpaired) electrons. The number of hydrogen-bond acceptors (Lipinski definition) is 1. The fraction of sp³-hybridized carbons (Fsp3) is 0.400. The van der Waals surface area contributed by atoms with Gasteiger partial charge >= 0.3 is 0 Å². The summed E-state index contributed by atoms with van der Waals surface area (Å²) in [6, 6.07) is 20.1. The lowest BCUT2D eigenvalue weighted by Gasteiger charge is -2.32. The number of benzene rings is 2. The first-order valence-corrected chi connectivity index (χ1v) is 8.12. The van der Waals surface area contributed by atoms with Gasteiger partial charge in [-0.15, -0.1) is 0 Å². The van der Waals surface area contributed by atoms with Crippen molar-refractivity contribution < 1.29 is 0 Å². The predicted octanol–water partition coefficient (Wildman–Crippen LogP) is 5.59. The van der Waals surface area contributed by atoms with E-state index in [9.17, 15) is 0 Å². The number of rotatable bonds is 3. The molecule has 0 spiro atoms. The molecule has 110 valence electrons. The van der Waals surface area contributed by atoms with Crippen molar-refractivity contribution in [2.45, 2.75) is 39.2 Å². The zero-order chi connectivity index (χ0) is 14.7. The molecule has 2 aromatic carbocycles. The number of anilines is 1. The molecule has 0 aliphatic heterocycles. The molecule has 2 atom stereocenters. The Bertz CT molecular complexity index is 548. The molecule has 0 amide bonds. The highest BCUT2D eigenvalue weighted by Gasteiger charge is 2.23. The molecule has 0 saturated heterocycles. The van der Waals surface area contributed by atoms with Gasteiger partial charge in [-0.25, -0.2) is 0 Å². The molecule has 1 saturated carbocycles. The van der Waals surface area contributed by atoms with Gasteiger partial charge in [0.05, 0.1) is 0 Å². The fourth-order valence-electron chi connectivity index (χ4n) is 3.69. The van der Waals surface area contributed by atoms with Crippen LogP contribution in [-0.4, -0.2) is 6.04 Å². The van der Waals surface area contributed by atoms with E-state index in [-0.39, 0.29) is 0 Å². The topological polar surface area (TPSA) is 12.0 Å². The summed E-state index contributed by atoms with van der Waals surface area (Å²) in [6.07, 6.45) is 3.97. The van der Waals surface area contributed by atoms with E-state index in [1.807, 2.05) is 0 Å². The predicted molar refractivity (Wildman–Crippen MR) is 91.5 cm³/mol. The molecule has 0 heterocycles. The van der Waals surface area contributed by atoms with Crippen molar-refractivity contribution in [3.8, 4) is 11.1 Å². The van der Waals surface area contributed by atoms with Gasteiger partial charge in [-0.3, -0.25) is 0 Å². The molecule has 0 aromatic heterocycles. The van der Waals surface area contributed by atoms with Crippen LogP contribution in [-0.2, 0) is 0 Å². The summed E-state index contributed by atoms with van der Waals surface area (Å²) in [7, 11) is 0. The number of hydrogen-bond donors (Lipinski definition) is 1. The standard InChI is InChI=1S/C20H25N/c1-15-12-16(2)14-20(13-15)21-19-10-8-18(9-11-19)17-6-4-3-5-7-17/h3-11,15-16,20-21H,12-14H2,1-2H3. The molecule has 3 rings (SSSR count). The maximum Gasteiger partial charge on any atom is 0.0342 e. The third-order valence-electron chi connectivity index (χ3n) is 4.54. The Morgan fingerprint density at radius 1 is 0.714 bits per heavy atom. The van der Waals surface area contributed by atoms with Crippen LogP contribution in [0.4, 0.5) is 5.69 Å². The van der Waals surface area contributed by atoms with E-state index in [1.165, 1.54) is 36.1 Å². The molecule has 1 nitrogen and oxygen atoms in total. The fourth-order valence-corrected chi connectivity index (χ4v) is 3.69. The van der Waals surface area contributed by atoms with E-state index in [0.29, 0.717) is 6.04 Å². The van der Waals surface area contributed by atoms with E-state index in [0.717, 1.165) is 11.8 Å². The monoisotopic (exact) mass is 279 g/mol. The third kappa shape index (κ3) is 3.66. The van der Waals surface area contributed by atoms with E-state index < -0.39 is 0 Å². The highest BCUT2D eigenvalue weighted by atomic mass is 14.9. The van der Waals surface area contributed by atoms with Crippen LogP contribution in [0.1, 0.15) is 33.1 Å². The highest BCUT2D eigenvalue weighted by Crippen LogP contribution is 2.31. The van der Waals surface area contributed by atoms with E-state index in [1.54, 1.807) is 0 Å². The molecule has 1 fully saturated rings. The van der Waals surface area contributed by atoms with Crippen LogP contribution in [0.25, 0.3) is 11.1 Å². The second-order valence-electron chi connectivity index (χ2n) is 6.70. The summed E-state index contributed by atoms with van der Waals surface area (Å²) in [6.45, 7) is 4.76. The van der Waals surface area contributed by atoms with Gasteiger partial charge in [0.15, 0.2) is 0 Å². The molecule has 2 aromatic rings. The molecule has 1 heteroatoms. The van der Waals surface area contributed by atoms with Gasteiger partial charge in [-0.05, 0) is 54.4 Å². The Labute approximate surface area is 128 Å². The Balaban J connectivity index is 1.67. The molecule has 2 unspecified atom stereocenters. The van der Waals surface area contributed by atoms with Crippen LogP contribution in [0, 0.1) is 11.8 Å². The largest absolute Gasteiger partial charge is 0.382 e. The van der Waals surface area contributed by atoms with Gasteiger partial charge in [-0.1, -0.05) is 56.3 Å². The summed E-state index contributed by atoms with van der Waals surface area (Å²) in [4.78, 5) is 0. The van der Waals surface area contributed by atoms with E-state index in [4.69, 9.17) is 0 Å². The van der Waals surface area contributed by atoms with Crippen molar-refractivity contribution in [3.63, 3.8) is 0 Å². The summed E-state index contributed by atoms with van der Waals surface area (Å²) >= 11 is 0. The minimum Gasteiger partial charge on any atom is -0.382 e. The van der Waals surface area contributed by atoms with E-state index >= 15 is 0 Å². The van der Waals surface area contributed by atoms with Crippen molar-refractivity contribution in [3.05, 3.63) is 54.6 Å². The molecule has 1 N–H and O–H groups in total. The van der Waals surface area contributed by atoms with Crippen LogP contribution in [0.5, 0.6) is 0 Å². The van der Waals surface area contributed by atoms with Crippen LogP contribution < -0.4 is 5.32 Å². The normalized spacial score (nSPS) is 25.5. The van der Waals surface area contributed by atoms with Gasteiger partial charge in [-0.2, -0.15) is 0 Å². The lowest BCUT2D eigenvalue weighted by molar-refractivity contribution is 0.281. The second-order valence-corrected chi connectivity index (χ2v) is 6.70. The highest BCUT2D eigenvalue weighted by molar-refractivity contribution is 5.65. The zero-order valence-electron chi connectivity index (χ0n) is 13.0. The van der Waals surface area contributed by atoms with Crippen molar-refractivity contribution in [1.29, 1.82) is 0 Å². The summed E-state index contributed by atoms with van der Waals surface area (Å²) in [5, 5.41) is 3.72. The lowest BCUT2D eigenvalue weighted by atomic mass is 9.80. The van der Waals surface area contributed by atoms with Crippen LogP contribution in [0.15, 0.2) is 54.6 Å². The Kier molecular flexibility index (Phi) is 4.28. The maximum atomic E-state index is 3.72. The first-order valence-electron chi connectivity index (χ1n) is 8.12. The second kappa shape index (κ2) is 6.34. The van der Waals surface area contributed by atoms with Crippen LogP contribution in [0.2, 0.25) is 0 Å². The molecule has 1 aliphatic carbocycles. The molecule has 0 bridgehead atoms. The van der Waals surface area contributed by atoms with Gasteiger partial charge < -0.3 is 5.32 Å². The molecule has 1 aliphatic rings. The lowest BCUT2D eigenvalue weighted by Crippen LogP contribution is -2.30. The first-order chi connectivity index (χ1) is 10.2. The van der Waals surface area contributed by atoms with Crippen molar-refractivity contribution in [2.75, 3.05) is 5.32 Å². The summed E-state index contributed by atoms with van der Waals surface area (Å²) < 4.78 is 0. The number of nitrogens with one attached hydrogen (secondary N) is 1. The summed E-state index contributed by atoms with van der Waals surface area (Å²) in [5.74, 6) is 1.68. The third-order valence-corrected chi connectivity index (χ3v) is 4.54. The van der Waals surface area contributed by atoms with E-state index in [2.05, 4.69) is 73.8 Å². The zero-order valence-corrected chi connectivity index (χ0v) is 13.0. The average Bonchev–Trinajstić information content (AvgIpc) is 2.48. The SMILES string of the molecule is CC1CC(C)CC(Nc2ccc(-c3ccccc3)cc2)C1. The van der Waals surface area contributed by atoms with Crippen LogP contribution in [0.3, 0.4) is 0 Å². The van der Waals surface area contributed by atoms with Crippen molar-refractivity contribution in [1.82, 2.24) is 0 Å². The molecular formula is C20H25N. The minimum absolute atomic E-state index is 0.631. The quantitative estimate of drug-likeness (QED) is 0.772. The maximum absolute atomic E-state index is 3.72. The minimum atomic E-state index is 0.631. The van der Waals surface area contributed by atoms with Gasteiger partial charge in [0.25, 0.3) is 0 Å².